The molecule has 0 aliphatic carbocycles. The van der Waals surface area contributed by atoms with Crippen molar-refractivity contribution < 1.29 is 23.1 Å². The minimum atomic E-state index is -1.91. The van der Waals surface area contributed by atoms with Crippen molar-refractivity contribution in [3.8, 4) is 16.6 Å². The van der Waals surface area contributed by atoms with Crippen LogP contribution in [0, 0.1) is 0 Å². The summed E-state index contributed by atoms with van der Waals surface area (Å²) in [6.07, 6.45) is 3.17. The van der Waals surface area contributed by atoms with Gasteiger partial charge in [0.15, 0.2) is 13.2 Å². The summed E-state index contributed by atoms with van der Waals surface area (Å²) in [6, 6.07) is 9.71. The Hall–Kier alpha value is -2.83. The second-order valence-corrected chi connectivity index (χ2v) is 18.6. The number of carbonyl (C=O) groups is 1. The van der Waals surface area contributed by atoms with Crippen molar-refractivity contribution in [2.45, 2.75) is 72.0 Å². The number of hydrogen-bond donors (Lipinski definition) is 0. The SMILES string of the molecule is CCOC(=O)c1sc(-c2cnc3ccc(CN(C)CCF)cn23)nc1O[C@H](C)c1ccc(CO[Si](C)(C)C(C)(C)C)cc1Cl. The van der Waals surface area contributed by atoms with Crippen LogP contribution in [0.25, 0.3) is 16.3 Å². The normalized spacial score (nSPS) is 13.1. The average molecular weight is 661 g/mol. The molecule has 0 bridgehead atoms. The highest BCUT2D eigenvalue weighted by atomic mass is 35.5. The van der Waals surface area contributed by atoms with Crippen LogP contribution in [-0.2, 0) is 22.3 Å². The van der Waals surface area contributed by atoms with E-state index < -0.39 is 27.1 Å². The lowest BCUT2D eigenvalue weighted by Crippen LogP contribution is -2.40. The maximum atomic E-state index is 13.0. The summed E-state index contributed by atoms with van der Waals surface area (Å²) >= 11 is 7.92. The summed E-state index contributed by atoms with van der Waals surface area (Å²) in [5.41, 5.74) is 4.18. The molecule has 238 valence electrons. The van der Waals surface area contributed by atoms with Gasteiger partial charge in [-0.1, -0.05) is 50.6 Å². The third-order valence-corrected chi connectivity index (χ3v) is 13.8. The fraction of sp³-hybridized carbons (Fsp3) is 0.469. The van der Waals surface area contributed by atoms with E-state index in [0.29, 0.717) is 35.4 Å². The Morgan fingerprint density at radius 1 is 1.20 bits per heavy atom. The highest BCUT2D eigenvalue weighted by molar-refractivity contribution is 7.17. The molecule has 12 heteroatoms. The number of ether oxygens (including phenoxy) is 2. The fourth-order valence-electron chi connectivity index (χ4n) is 4.33. The summed E-state index contributed by atoms with van der Waals surface area (Å²) in [5.74, 6) is -0.337. The van der Waals surface area contributed by atoms with E-state index in [-0.39, 0.29) is 22.4 Å². The number of pyridine rings is 1. The monoisotopic (exact) mass is 660 g/mol. The lowest BCUT2D eigenvalue weighted by molar-refractivity contribution is 0.0525. The van der Waals surface area contributed by atoms with Gasteiger partial charge in [0.05, 0.1) is 19.4 Å². The molecule has 0 unspecified atom stereocenters. The number of rotatable bonds is 13. The van der Waals surface area contributed by atoms with Gasteiger partial charge in [-0.2, -0.15) is 4.98 Å². The summed E-state index contributed by atoms with van der Waals surface area (Å²) in [4.78, 5) is 24.4. The van der Waals surface area contributed by atoms with Crippen LogP contribution >= 0.6 is 22.9 Å². The molecule has 0 saturated carbocycles. The van der Waals surface area contributed by atoms with E-state index in [2.05, 4.69) is 38.8 Å². The van der Waals surface area contributed by atoms with Gasteiger partial charge in [0, 0.05) is 29.9 Å². The maximum absolute atomic E-state index is 13.0. The molecular weight excluding hydrogens is 619 g/mol. The number of esters is 1. The van der Waals surface area contributed by atoms with Gasteiger partial charge in [0.2, 0.25) is 5.88 Å². The number of imidazole rings is 1. The number of alkyl halides is 1. The van der Waals surface area contributed by atoms with Crippen molar-refractivity contribution in [3.05, 3.63) is 69.3 Å². The maximum Gasteiger partial charge on any atom is 0.354 e. The highest BCUT2D eigenvalue weighted by Gasteiger charge is 2.37. The largest absolute Gasteiger partial charge is 0.468 e. The van der Waals surface area contributed by atoms with Crippen molar-refractivity contribution in [1.82, 2.24) is 19.3 Å². The zero-order chi connectivity index (χ0) is 32.2. The minimum absolute atomic E-state index is 0.112. The van der Waals surface area contributed by atoms with Gasteiger partial charge in [-0.3, -0.25) is 9.30 Å². The number of benzene rings is 1. The second kappa shape index (κ2) is 14.1. The molecule has 1 aromatic carbocycles. The first kappa shape index (κ1) is 34.0. The molecule has 8 nitrogen and oxygen atoms in total. The van der Waals surface area contributed by atoms with Gasteiger partial charge in [0.25, 0.3) is 0 Å². The van der Waals surface area contributed by atoms with E-state index in [1.165, 1.54) is 11.3 Å². The second-order valence-electron chi connectivity index (χ2n) is 12.4. The quantitative estimate of drug-likeness (QED) is 0.105. The number of fused-ring (bicyclic) bond motifs is 1. The molecule has 0 fully saturated rings. The minimum Gasteiger partial charge on any atom is -0.468 e. The van der Waals surface area contributed by atoms with Gasteiger partial charge in [-0.05, 0) is 62.3 Å². The Morgan fingerprint density at radius 3 is 2.59 bits per heavy atom. The molecule has 4 aromatic rings. The molecule has 0 aliphatic rings. The van der Waals surface area contributed by atoms with E-state index in [1.54, 1.807) is 13.1 Å². The third-order valence-electron chi connectivity index (χ3n) is 7.96. The topological polar surface area (TPSA) is 78.2 Å². The molecule has 44 heavy (non-hydrogen) atoms. The number of carbonyl (C=O) groups excluding carboxylic acids is 1. The highest BCUT2D eigenvalue weighted by Crippen LogP contribution is 2.39. The van der Waals surface area contributed by atoms with Gasteiger partial charge in [-0.15, -0.1) is 11.3 Å². The summed E-state index contributed by atoms with van der Waals surface area (Å²) in [7, 11) is -0.0345. The average Bonchev–Trinajstić information content (AvgIpc) is 3.55. The van der Waals surface area contributed by atoms with Gasteiger partial charge < -0.3 is 13.9 Å². The van der Waals surface area contributed by atoms with E-state index >= 15 is 0 Å². The first-order chi connectivity index (χ1) is 20.7. The van der Waals surface area contributed by atoms with Crippen molar-refractivity contribution in [2.24, 2.45) is 0 Å². The molecule has 0 radical (unpaired) electrons. The lowest BCUT2D eigenvalue weighted by Gasteiger charge is -2.36. The predicted octanol–water partition coefficient (Wildman–Crippen LogP) is 8.35. The van der Waals surface area contributed by atoms with Crippen LogP contribution in [-0.4, -0.2) is 60.4 Å². The zero-order valence-electron chi connectivity index (χ0n) is 26.7. The molecule has 0 amide bonds. The molecule has 0 N–H and O–H groups in total. The van der Waals surface area contributed by atoms with Gasteiger partial charge in [0.1, 0.15) is 29.1 Å². The van der Waals surface area contributed by atoms with Crippen molar-refractivity contribution >= 4 is 42.9 Å². The first-order valence-corrected chi connectivity index (χ1v) is 18.8. The summed E-state index contributed by atoms with van der Waals surface area (Å²) in [5, 5.41) is 1.22. The van der Waals surface area contributed by atoms with E-state index in [4.69, 9.17) is 30.5 Å². The van der Waals surface area contributed by atoms with Crippen LogP contribution < -0.4 is 4.74 Å². The molecule has 0 saturated heterocycles. The Morgan fingerprint density at radius 2 is 1.93 bits per heavy atom. The van der Waals surface area contributed by atoms with Crippen molar-refractivity contribution in [2.75, 3.05) is 26.9 Å². The fourth-order valence-corrected chi connectivity index (χ4v) is 6.55. The molecule has 0 aliphatic heterocycles. The van der Waals surface area contributed by atoms with Crippen molar-refractivity contribution in [3.63, 3.8) is 0 Å². The van der Waals surface area contributed by atoms with Crippen LogP contribution in [0.1, 0.15) is 67.1 Å². The molecular formula is C32H42ClFN4O4SSi. The van der Waals surface area contributed by atoms with Gasteiger partial charge in [-0.25, -0.2) is 14.2 Å². The molecule has 3 aromatic heterocycles. The number of hydrogen-bond acceptors (Lipinski definition) is 8. The smallest absolute Gasteiger partial charge is 0.354 e. The molecule has 1 atom stereocenters. The zero-order valence-corrected chi connectivity index (χ0v) is 29.3. The Labute approximate surface area is 269 Å². The van der Waals surface area contributed by atoms with Crippen molar-refractivity contribution in [1.29, 1.82) is 0 Å². The Balaban J connectivity index is 1.60. The number of nitrogens with zero attached hydrogens (tertiary/aromatic N) is 4. The summed E-state index contributed by atoms with van der Waals surface area (Å²) < 4.78 is 32.7. The van der Waals surface area contributed by atoms with E-state index in [1.807, 2.05) is 59.8 Å². The molecule has 4 rings (SSSR count). The lowest BCUT2D eigenvalue weighted by atomic mass is 10.1. The predicted molar refractivity (Wildman–Crippen MR) is 177 cm³/mol. The number of halogens is 2. The standard InChI is InChI=1S/C32H42ClFN4O4SSi/c1-9-40-31(39)28-29(42-21(2)24-12-10-22(16-25(24)33)20-41-44(7,8)32(3,4)5)36-30(43-28)26-17-35-27-13-11-23(19-38(26)27)18-37(6)15-14-34/h10-13,16-17,19,21H,9,14-15,18,20H2,1-8H3/t21-/m1/s1. The molecule has 0 spiro atoms. The van der Waals surface area contributed by atoms with E-state index in [9.17, 15) is 9.18 Å². The van der Waals surface area contributed by atoms with Crippen LogP contribution in [0.5, 0.6) is 5.88 Å². The molecule has 3 heterocycles. The number of thiazole rings is 1. The third kappa shape index (κ3) is 7.87. The van der Waals surface area contributed by atoms with Crippen LogP contribution in [0.3, 0.4) is 0 Å². The Kier molecular flexibility index (Phi) is 10.9. The van der Waals surface area contributed by atoms with Crippen LogP contribution in [0.2, 0.25) is 23.2 Å². The van der Waals surface area contributed by atoms with Crippen LogP contribution in [0.4, 0.5) is 4.39 Å². The van der Waals surface area contributed by atoms with Crippen LogP contribution in [0.15, 0.2) is 42.7 Å². The Bertz CT molecular complexity index is 1600. The number of aromatic nitrogens is 3. The van der Waals surface area contributed by atoms with E-state index in [0.717, 1.165) is 22.3 Å². The summed E-state index contributed by atoms with van der Waals surface area (Å²) in [6.45, 7) is 15.9. The first-order valence-electron chi connectivity index (χ1n) is 14.7. The van der Waals surface area contributed by atoms with Gasteiger partial charge >= 0.3 is 5.97 Å².